The molecule has 0 aliphatic heterocycles. The Bertz CT molecular complexity index is 240. The Morgan fingerprint density at radius 2 is 1.86 bits per heavy atom. The third-order valence-electron chi connectivity index (χ3n) is 1.97. The smallest absolute Gasteiger partial charge is 0.352 e. The Kier molecular flexibility index (Phi) is 3.67. The molecule has 3 heteroatoms. The highest BCUT2D eigenvalue weighted by Crippen LogP contribution is 2.24. The zero-order valence-corrected chi connectivity index (χ0v) is 9.41. The van der Waals surface area contributed by atoms with Crippen LogP contribution in [0.25, 0.3) is 0 Å². The first-order valence-electron chi connectivity index (χ1n) is 5.29. The summed E-state index contributed by atoms with van der Waals surface area (Å²) in [5, 5.41) is 0. The van der Waals surface area contributed by atoms with Gasteiger partial charge in [0.1, 0.15) is 5.71 Å². The second kappa shape index (κ2) is 4.58. The molecule has 14 heavy (non-hydrogen) atoms. The number of carbonyl (C=O) groups is 1. The van der Waals surface area contributed by atoms with Crippen molar-refractivity contribution >= 4 is 11.7 Å². The summed E-state index contributed by atoms with van der Waals surface area (Å²) >= 11 is 0. The van der Waals surface area contributed by atoms with Crippen LogP contribution in [0.4, 0.5) is 0 Å². The van der Waals surface area contributed by atoms with Crippen molar-refractivity contribution in [3.63, 3.8) is 0 Å². The molecule has 0 N–H and O–H groups in total. The van der Waals surface area contributed by atoms with E-state index in [9.17, 15) is 4.79 Å². The van der Waals surface area contributed by atoms with Crippen LogP contribution < -0.4 is 0 Å². The normalized spacial score (nSPS) is 17.7. The van der Waals surface area contributed by atoms with Crippen LogP contribution >= 0.6 is 0 Å². The molecule has 0 bridgehead atoms. The van der Waals surface area contributed by atoms with Crippen molar-refractivity contribution in [3.8, 4) is 0 Å². The molecule has 80 valence electrons. The van der Waals surface area contributed by atoms with E-state index in [0.29, 0.717) is 11.8 Å². The van der Waals surface area contributed by atoms with E-state index in [4.69, 9.17) is 4.74 Å². The number of carbonyl (C=O) groups excluding carboxylic acids is 1. The van der Waals surface area contributed by atoms with Gasteiger partial charge >= 0.3 is 5.97 Å². The molecule has 0 saturated heterocycles. The van der Waals surface area contributed by atoms with Crippen LogP contribution in [-0.2, 0) is 9.53 Å². The average molecular weight is 197 g/mol. The van der Waals surface area contributed by atoms with E-state index in [1.807, 2.05) is 27.7 Å². The van der Waals surface area contributed by atoms with Gasteiger partial charge in [0, 0.05) is 5.92 Å². The molecule has 0 unspecified atom stereocenters. The van der Waals surface area contributed by atoms with Crippen molar-refractivity contribution in [1.82, 2.24) is 0 Å². The van der Waals surface area contributed by atoms with Gasteiger partial charge in [-0.25, -0.2) is 4.79 Å². The van der Waals surface area contributed by atoms with Gasteiger partial charge in [-0.3, -0.25) is 4.99 Å². The van der Waals surface area contributed by atoms with Gasteiger partial charge in [0.15, 0.2) is 0 Å². The second-order valence-corrected chi connectivity index (χ2v) is 4.35. The lowest BCUT2D eigenvalue weighted by molar-refractivity contribution is -0.139. The molecule has 0 amide bonds. The molecule has 0 atom stereocenters. The molecule has 0 radical (unpaired) electrons. The minimum atomic E-state index is -0.248. The van der Waals surface area contributed by atoms with Crippen molar-refractivity contribution in [2.75, 3.05) is 0 Å². The Morgan fingerprint density at radius 1 is 1.29 bits per heavy atom. The van der Waals surface area contributed by atoms with E-state index in [0.717, 1.165) is 12.8 Å². The van der Waals surface area contributed by atoms with E-state index in [1.165, 1.54) is 0 Å². The van der Waals surface area contributed by atoms with Crippen LogP contribution in [0, 0.1) is 5.92 Å². The molecule has 0 heterocycles. The maximum absolute atomic E-state index is 11.6. The Balaban J connectivity index is 2.61. The SMILES string of the molecule is CC(C)OC(=O)/C(=N\C1CC1)C(C)C. The third-order valence-corrected chi connectivity index (χ3v) is 1.97. The summed E-state index contributed by atoms with van der Waals surface area (Å²) in [5.74, 6) is -0.0938. The van der Waals surface area contributed by atoms with Crippen molar-refractivity contribution in [2.24, 2.45) is 10.9 Å². The molecule has 1 aliphatic rings. The first kappa shape index (κ1) is 11.2. The van der Waals surface area contributed by atoms with Gasteiger partial charge in [-0.05, 0) is 26.7 Å². The number of ether oxygens (including phenoxy) is 1. The van der Waals surface area contributed by atoms with Crippen LogP contribution in [0.5, 0.6) is 0 Å². The van der Waals surface area contributed by atoms with Crippen molar-refractivity contribution in [1.29, 1.82) is 0 Å². The number of rotatable bonds is 4. The van der Waals surface area contributed by atoms with Crippen LogP contribution in [0.2, 0.25) is 0 Å². The molecule has 1 aliphatic carbocycles. The van der Waals surface area contributed by atoms with Gasteiger partial charge in [0.05, 0.1) is 12.1 Å². The zero-order valence-electron chi connectivity index (χ0n) is 9.41. The molecular weight excluding hydrogens is 178 g/mol. The van der Waals surface area contributed by atoms with E-state index in [-0.39, 0.29) is 18.0 Å². The fourth-order valence-electron chi connectivity index (χ4n) is 1.11. The molecule has 1 saturated carbocycles. The van der Waals surface area contributed by atoms with Crippen molar-refractivity contribution < 1.29 is 9.53 Å². The van der Waals surface area contributed by atoms with Gasteiger partial charge in [-0.15, -0.1) is 0 Å². The monoisotopic (exact) mass is 197 g/mol. The Labute approximate surface area is 85.6 Å². The summed E-state index contributed by atoms with van der Waals surface area (Å²) in [5.41, 5.74) is 0.598. The lowest BCUT2D eigenvalue weighted by Crippen LogP contribution is -2.26. The van der Waals surface area contributed by atoms with Gasteiger partial charge in [0.2, 0.25) is 0 Å². The van der Waals surface area contributed by atoms with E-state index in [1.54, 1.807) is 0 Å². The number of hydrogen-bond donors (Lipinski definition) is 0. The maximum Gasteiger partial charge on any atom is 0.352 e. The number of esters is 1. The molecule has 1 rings (SSSR count). The van der Waals surface area contributed by atoms with Crippen molar-refractivity contribution in [2.45, 2.75) is 52.7 Å². The van der Waals surface area contributed by atoms with E-state index >= 15 is 0 Å². The van der Waals surface area contributed by atoms with E-state index in [2.05, 4.69) is 4.99 Å². The molecule has 0 spiro atoms. The molecule has 0 aromatic carbocycles. The summed E-state index contributed by atoms with van der Waals surface area (Å²) in [6, 6.07) is 0.382. The average Bonchev–Trinajstić information content (AvgIpc) is 2.80. The fraction of sp³-hybridized carbons (Fsp3) is 0.818. The molecular formula is C11H19NO2. The maximum atomic E-state index is 11.6. The molecule has 0 aromatic rings. The number of nitrogens with zero attached hydrogens (tertiary/aromatic N) is 1. The predicted molar refractivity (Wildman–Crippen MR) is 56.5 cm³/mol. The summed E-state index contributed by atoms with van der Waals surface area (Å²) in [7, 11) is 0. The topological polar surface area (TPSA) is 38.7 Å². The summed E-state index contributed by atoms with van der Waals surface area (Å²) in [6.45, 7) is 7.66. The predicted octanol–water partition coefficient (Wildman–Crippen LogP) is 2.20. The molecule has 1 fully saturated rings. The zero-order chi connectivity index (χ0) is 10.7. The summed E-state index contributed by atoms with van der Waals surface area (Å²) in [4.78, 5) is 16.0. The lowest BCUT2D eigenvalue weighted by atomic mass is 10.1. The number of hydrogen-bond acceptors (Lipinski definition) is 3. The van der Waals surface area contributed by atoms with Crippen molar-refractivity contribution in [3.05, 3.63) is 0 Å². The summed E-state index contributed by atoms with van der Waals surface area (Å²) < 4.78 is 5.13. The molecule has 0 aromatic heterocycles. The highest BCUT2D eigenvalue weighted by atomic mass is 16.5. The van der Waals surface area contributed by atoms with Gasteiger partial charge in [-0.1, -0.05) is 13.8 Å². The highest BCUT2D eigenvalue weighted by Gasteiger charge is 2.25. The lowest BCUT2D eigenvalue weighted by Gasteiger charge is -2.12. The highest BCUT2D eigenvalue weighted by molar-refractivity contribution is 6.37. The van der Waals surface area contributed by atoms with E-state index < -0.39 is 0 Å². The van der Waals surface area contributed by atoms with Gasteiger partial charge in [-0.2, -0.15) is 0 Å². The van der Waals surface area contributed by atoms with Gasteiger partial charge < -0.3 is 4.74 Å². The summed E-state index contributed by atoms with van der Waals surface area (Å²) in [6.07, 6.45) is 2.17. The largest absolute Gasteiger partial charge is 0.458 e. The van der Waals surface area contributed by atoms with Gasteiger partial charge in [0.25, 0.3) is 0 Å². The third kappa shape index (κ3) is 3.48. The number of aliphatic imine (C=N–C) groups is 1. The Hall–Kier alpha value is -0.860. The Morgan fingerprint density at radius 3 is 2.21 bits per heavy atom. The minimum Gasteiger partial charge on any atom is -0.458 e. The van der Waals surface area contributed by atoms with Crippen LogP contribution in [0.3, 0.4) is 0 Å². The first-order chi connectivity index (χ1) is 6.50. The van der Waals surface area contributed by atoms with Crippen LogP contribution in [-0.4, -0.2) is 23.8 Å². The second-order valence-electron chi connectivity index (χ2n) is 4.35. The standard InChI is InChI=1S/C11H19NO2/c1-7(2)10(12-9-5-6-9)11(13)14-8(3)4/h7-9H,5-6H2,1-4H3/b12-10-. The first-order valence-corrected chi connectivity index (χ1v) is 5.29. The van der Waals surface area contributed by atoms with Crippen LogP contribution in [0.15, 0.2) is 4.99 Å². The quantitative estimate of drug-likeness (QED) is 0.512. The van der Waals surface area contributed by atoms with Crippen LogP contribution in [0.1, 0.15) is 40.5 Å². The molecule has 3 nitrogen and oxygen atoms in total. The fourth-order valence-corrected chi connectivity index (χ4v) is 1.11. The minimum absolute atomic E-state index is 0.0642.